The van der Waals surface area contributed by atoms with Crippen molar-refractivity contribution < 1.29 is 30.0 Å². The zero-order chi connectivity index (χ0) is 21.9. The molecule has 0 saturated carbocycles. The summed E-state index contributed by atoms with van der Waals surface area (Å²) in [4.78, 5) is 11.6. The van der Waals surface area contributed by atoms with Crippen LogP contribution in [0.4, 0.5) is 0 Å². The molecule has 164 valence electrons. The number of hydrogen-bond donors (Lipinski definition) is 4. The number of carbonyl (C=O) groups is 1. The number of hydrogen-bond acceptors (Lipinski definition) is 8. The second-order valence-corrected chi connectivity index (χ2v) is 9.32. The Kier molecular flexibility index (Phi) is 10.7. The van der Waals surface area contributed by atoms with E-state index in [-0.39, 0.29) is 0 Å². The molecule has 30 heavy (non-hydrogen) atoms. The largest absolute Gasteiger partial charge is 0.457 e. The minimum Gasteiger partial charge on any atom is -0.457 e. The van der Waals surface area contributed by atoms with Gasteiger partial charge in [0, 0.05) is 18.4 Å². The van der Waals surface area contributed by atoms with Crippen molar-refractivity contribution in [1.29, 1.82) is 0 Å². The summed E-state index contributed by atoms with van der Waals surface area (Å²) in [6, 6.07) is 19.5. The molecular formula is C22H28O6S2. The first-order valence-corrected chi connectivity index (χ1v) is 11.7. The van der Waals surface area contributed by atoms with E-state index in [2.05, 4.69) is 0 Å². The summed E-state index contributed by atoms with van der Waals surface area (Å²) >= 11 is 2.92. The number of thioether (sulfide) groups is 2. The van der Waals surface area contributed by atoms with E-state index in [0.29, 0.717) is 11.5 Å². The van der Waals surface area contributed by atoms with E-state index in [1.165, 1.54) is 30.4 Å². The molecule has 0 bridgehead atoms. The van der Waals surface area contributed by atoms with Crippen LogP contribution < -0.4 is 0 Å². The zero-order valence-electron chi connectivity index (χ0n) is 16.7. The average molecular weight is 453 g/mol. The molecule has 0 aliphatic rings. The molecule has 2 aromatic rings. The summed E-state index contributed by atoms with van der Waals surface area (Å²) in [6.45, 7) is 0.450. The van der Waals surface area contributed by atoms with E-state index in [9.17, 15) is 25.2 Å². The third kappa shape index (κ3) is 7.94. The van der Waals surface area contributed by atoms with Crippen molar-refractivity contribution in [2.24, 2.45) is 0 Å². The van der Waals surface area contributed by atoms with E-state index < -0.39 is 41.6 Å². The van der Waals surface area contributed by atoms with Crippen LogP contribution in [0.25, 0.3) is 0 Å². The molecule has 0 aliphatic heterocycles. The predicted octanol–water partition coefficient (Wildman–Crippen LogP) is 2.19. The molecule has 0 unspecified atom stereocenters. The monoisotopic (exact) mass is 452 g/mol. The molecule has 0 saturated heterocycles. The number of benzene rings is 2. The molecule has 6 nitrogen and oxygen atoms in total. The molecule has 0 aromatic heterocycles. The Labute approximate surface area is 185 Å². The first-order valence-electron chi connectivity index (χ1n) is 9.55. The van der Waals surface area contributed by atoms with E-state index >= 15 is 0 Å². The van der Waals surface area contributed by atoms with Crippen LogP contribution in [0.3, 0.4) is 0 Å². The standard InChI is InChI=1S/C22H28O6S2/c1-15(24)28-21(19(26)18(25)12-23)20(27)22(29-13-16-8-4-2-5-9-16)30-14-17-10-6-3-7-11-17/h2-11,18-23,25-27H,12-14H2,1H3/t18-,19-,20+,21-/m1/s1. The molecule has 0 amide bonds. The van der Waals surface area contributed by atoms with Crippen molar-refractivity contribution in [3.63, 3.8) is 0 Å². The number of esters is 1. The minimum absolute atomic E-state index is 0.463. The molecule has 0 spiro atoms. The Bertz CT molecular complexity index is 702. The quantitative estimate of drug-likeness (QED) is 0.287. The summed E-state index contributed by atoms with van der Waals surface area (Å²) in [7, 11) is 0. The van der Waals surface area contributed by atoms with Crippen LogP contribution in [0, 0.1) is 0 Å². The van der Waals surface area contributed by atoms with Crippen LogP contribution in [-0.2, 0) is 21.0 Å². The fourth-order valence-electron chi connectivity index (χ4n) is 2.77. The lowest BCUT2D eigenvalue weighted by atomic mass is 10.0. The van der Waals surface area contributed by atoms with E-state index in [1.807, 2.05) is 60.7 Å². The van der Waals surface area contributed by atoms with Gasteiger partial charge in [-0.1, -0.05) is 60.7 Å². The summed E-state index contributed by atoms with van der Waals surface area (Å²) < 4.78 is 4.68. The van der Waals surface area contributed by atoms with Crippen molar-refractivity contribution in [1.82, 2.24) is 0 Å². The van der Waals surface area contributed by atoms with Gasteiger partial charge in [0.2, 0.25) is 0 Å². The molecule has 2 aromatic carbocycles. The van der Waals surface area contributed by atoms with Crippen molar-refractivity contribution in [2.75, 3.05) is 6.61 Å². The maximum atomic E-state index is 11.6. The van der Waals surface area contributed by atoms with Gasteiger partial charge >= 0.3 is 5.97 Å². The van der Waals surface area contributed by atoms with Gasteiger partial charge in [-0.05, 0) is 11.1 Å². The normalized spacial score (nSPS) is 15.4. The lowest BCUT2D eigenvalue weighted by Gasteiger charge is -2.33. The van der Waals surface area contributed by atoms with Crippen molar-refractivity contribution in [3.8, 4) is 0 Å². The van der Waals surface area contributed by atoms with Gasteiger partial charge in [0.1, 0.15) is 18.3 Å². The summed E-state index contributed by atoms with van der Waals surface area (Å²) in [6.07, 6.45) is -5.80. The van der Waals surface area contributed by atoms with Crippen LogP contribution >= 0.6 is 23.5 Å². The Hall–Kier alpha value is -1.55. The number of rotatable bonds is 12. The maximum absolute atomic E-state index is 11.6. The van der Waals surface area contributed by atoms with Gasteiger partial charge in [-0.3, -0.25) is 4.79 Å². The molecule has 0 radical (unpaired) electrons. The third-order valence-corrected chi connectivity index (χ3v) is 7.38. The molecular weight excluding hydrogens is 424 g/mol. The highest BCUT2D eigenvalue weighted by atomic mass is 32.2. The minimum atomic E-state index is -1.62. The maximum Gasteiger partial charge on any atom is 0.303 e. The van der Waals surface area contributed by atoms with Gasteiger partial charge < -0.3 is 25.2 Å². The summed E-state index contributed by atoms with van der Waals surface area (Å²) in [5.41, 5.74) is 2.14. The Morgan fingerprint density at radius 2 is 1.33 bits per heavy atom. The topological polar surface area (TPSA) is 107 Å². The number of carbonyl (C=O) groups excluding carboxylic acids is 1. The molecule has 4 atom stereocenters. The first kappa shape index (κ1) is 24.7. The molecule has 2 rings (SSSR count). The first-order chi connectivity index (χ1) is 14.4. The molecule has 4 N–H and O–H groups in total. The Morgan fingerprint density at radius 3 is 1.73 bits per heavy atom. The van der Waals surface area contributed by atoms with E-state index in [4.69, 9.17) is 4.74 Å². The molecule has 0 aliphatic carbocycles. The second-order valence-electron chi connectivity index (χ2n) is 6.77. The third-order valence-electron chi connectivity index (χ3n) is 4.35. The second kappa shape index (κ2) is 13.0. The SMILES string of the molecule is CC(=O)O[C@H]([C@H](O)[C@H](O)CO)[C@H](O)C(SCc1ccccc1)SCc1ccccc1. The molecule has 0 heterocycles. The number of ether oxygens (including phenoxy) is 1. The molecule has 0 fully saturated rings. The zero-order valence-corrected chi connectivity index (χ0v) is 18.3. The highest BCUT2D eigenvalue weighted by Gasteiger charge is 2.39. The van der Waals surface area contributed by atoms with Crippen molar-refractivity contribution >= 4 is 29.5 Å². The van der Waals surface area contributed by atoms with Crippen LogP contribution in [0.5, 0.6) is 0 Å². The van der Waals surface area contributed by atoms with Gasteiger partial charge in [0.15, 0.2) is 6.10 Å². The fraction of sp³-hybridized carbons (Fsp3) is 0.409. The van der Waals surface area contributed by atoms with Gasteiger partial charge in [-0.25, -0.2) is 0 Å². The number of aliphatic hydroxyl groups excluding tert-OH is 4. The Balaban J connectivity index is 2.17. The summed E-state index contributed by atoms with van der Waals surface area (Å²) in [5.74, 6) is 0.522. The fourth-order valence-corrected chi connectivity index (χ4v) is 5.36. The van der Waals surface area contributed by atoms with Crippen LogP contribution in [-0.4, -0.2) is 62.0 Å². The van der Waals surface area contributed by atoms with Gasteiger partial charge in [0.25, 0.3) is 0 Å². The van der Waals surface area contributed by atoms with Gasteiger partial charge in [0.05, 0.1) is 11.2 Å². The number of aliphatic hydroxyl groups is 4. The highest BCUT2D eigenvalue weighted by Crippen LogP contribution is 2.34. The van der Waals surface area contributed by atoms with Crippen LogP contribution in [0.2, 0.25) is 0 Å². The van der Waals surface area contributed by atoms with Crippen LogP contribution in [0.15, 0.2) is 60.7 Å². The van der Waals surface area contributed by atoms with E-state index in [1.54, 1.807) is 0 Å². The van der Waals surface area contributed by atoms with Crippen molar-refractivity contribution in [2.45, 2.75) is 47.4 Å². The summed E-state index contributed by atoms with van der Waals surface area (Å²) in [5, 5.41) is 40.4. The van der Waals surface area contributed by atoms with Crippen molar-refractivity contribution in [3.05, 3.63) is 71.8 Å². The van der Waals surface area contributed by atoms with Crippen LogP contribution in [0.1, 0.15) is 18.1 Å². The highest BCUT2D eigenvalue weighted by molar-refractivity contribution is 8.16. The Morgan fingerprint density at radius 1 is 0.867 bits per heavy atom. The predicted molar refractivity (Wildman–Crippen MR) is 120 cm³/mol. The molecule has 8 heteroatoms. The van der Waals surface area contributed by atoms with E-state index in [0.717, 1.165) is 11.1 Å². The lowest BCUT2D eigenvalue weighted by molar-refractivity contribution is -0.170. The van der Waals surface area contributed by atoms with Gasteiger partial charge in [-0.15, -0.1) is 23.5 Å². The average Bonchev–Trinajstić information content (AvgIpc) is 2.77. The smallest absolute Gasteiger partial charge is 0.303 e. The lowest BCUT2D eigenvalue weighted by Crippen LogP contribution is -2.50. The van der Waals surface area contributed by atoms with Gasteiger partial charge in [-0.2, -0.15) is 0 Å².